The fourth-order valence-corrected chi connectivity index (χ4v) is 4.54. The highest BCUT2D eigenvalue weighted by atomic mass is 16.6. The summed E-state index contributed by atoms with van der Waals surface area (Å²) in [6.45, 7) is 7.66. The van der Waals surface area contributed by atoms with Gasteiger partial charge in [-0.15, -0.1) is 0 Å². The van der Waals surface area contributed by atoms with Crippen molar-refractivity contribution in [2.24, 2.45) is 0 Å². The maximum atomic E-state index is 11.8. The molecule has 2 N–H and O–H groups in total. The van der Waals surface area contributed by atoms with E-state index in [4.69, 9.17) is 24.5 Å². The van der Waals surface area contributed by atoms with Crippen molar-refractivity contribution in [1.82, 2.24) is 19.7 Å². The Bertz CT molecular complexity index is 1170. The first-order chi connectivity index (χ1) is 16.3. The lowest BCUT2D eigenvalue weighted by Crippen LogP contribution is -2.43. The number of aromatic nitrogens is 4. The molecule has 0 radical (unpaired) electrons. The summed E-state index contributed by atoms with van der Waals surface area (Å²) in [6, 6.07) is 7.29. The van der Waals surface area contributed by atoms with Gasteiger partial charge in [0.2, 0.25) is 0 Å². The van der Waals surface area contributed by atoms with Gasteiger partial charge in [-0.05, 0) is 57.9 Å². The molecule has 2 aliphatic rings. The number of aliphatic hydroxyl groups excluding tert-OH is 1. The van der Waals surface area contributed by atoms with Crippen LogP contribution in [0.3, 0.4) is 0 Å². The Hall–Kier alpha value is -3.24. The molecule has 2 aromatic heterocycles. The van der Waals surface area contributed by atoms with Gasteiger partial charge < -0.3 is 19.5 Å². The van der Waals surface area contributed by atoms with Crippen molar-refractivity contribution >= 4 is 28.6 Å². The van der Waals surface area contributed by atoms with Crippen LogP contribution in [-0.4, -0.2) is 69.5 Å². The van der Waals surface area contributed by atoms with Gasteiger partial charge in [0.1, 0.15) is 12.4 Å². The number of hydrogen-bond acceptors (Lipinski definition) is 8. The Kier molecular flexibility index (Phi) is 5.86. The minimum Gasteiger partial charge on any atom is -0.447 e. The number of ether oxygens (including phenoxy) is 2. The van der Waals surface area contributed by atoms with Crippen LogP contribution in [0.5, 0.6) is 0 Å². The molecule has 5 rings (SSSR count). The number of fused-ring (bicyclic) bond motifs is 3. The van der Waals surface area contributed by atoms with Gasteiger partial charge in [-0.2, -0.15) is 5.10 Å². The van der Waals surface area contributed by atoms with Crippen LogP contribution in [0.15, 0.2) is 30.5 Å². The van der Waals surface area contributed by atoms with Crippen LogP contribution in [0.25, 0.3) is 22.4 Å². The number of benzene rings is 1. The highest BCUT2D eigenvalue weighted by Gasteiger charge is 2.35. The lowest BCUT2D eigenvalue weighted by atomic mass is 10.1. The number of amides is 1. The Balaban J connectivity index is 1.51. The summed E-state index contributed by atoms with van der Waals surface area (Å²) in [4.78, 5) is 24.0. The Morgan fingerprint density at radius 2 is 1.88 bits per heavy atom. The molecular formula is C24H30N6O4. The molecule has 10 heteroatoms. The molecule has 4 heterocycles. The Morgan fingerprint density at radius 3 is 2.53 bits per heavy atom. The van der Waals surface area contributed by atoms with Gasteiger partial charge in [-0.3, -0.25) is 5.32 Å². The van der Waals surface area contributed by atoms with Crippen LogP contribution in [0.1, 0.15) is 33.6 Å². The average molecular weight is 467 g/mol. The molecule has 1 aromatic carbocycles. The van der Waals surface area contributed by atoms with E-state index in [1.54, 1.807) is 12.1 Å². The fraction of sp³-hybridized carbons (Fsp3) is 0.500. The van der Waals surface area contributed by atoms with Gasteiger partial charge in [-0.1, -0.05) is 0 Å². The number of rotatable bonds is 5. The number of hydrogen-bond donors (Lipinski definition) is 2. The zero-order valence-electron chi connectivity index (χ0n) is 19.7. The van der Waals surface area contributed by atoms with Crippen LogP contribution >= 0.6 is 0 Å². The van der Waals surface area contributed by atoms with Crippen molar-refractivity contribution in [1.29, 1.82) is 0 Å². The fourth-order valence-electron chi connectivity index (χ4n) is 4.54. The summed E-state index contributed by atoms with van der Waals surface area (Å²) < 4.78 is 12.8. The van der Waals surface area contributed by atoms with E-state index in [9.17, 15) is 4.79 Å². The quantitative estimate of drug-likeness (QED) is 0.589. The first-order valence-electron chi connectivity index (χ1n) is 11.6. The number of aliphatic hydroxyl groups is 1. The molecule has 2 bridgehead atoms. The predicted molar refractivity (Wildman–Crippen MR) is 128 cm³/mol. The van der Waals surface area contributed by atoms with Crippen LogP contribution in [-0.2, 0) is 15.0 Å². The van der Waals surface area contributed by atoms with Crippen LogP contribution in [0.4, 0.5) is 16.3 Å². The van der Waals surface area contributed by atoms with Gasteiger partial charge in [0.05, 0.1) is 35.9 Å². The monoisotopic (exact) mass is 466 g/mol. The Labute approximate surface area is 197 Å². The van der Waals surface area contributed by atoms with Crippen molar-refractivity contribution in [3.8, 4) is 11.4 Å². The molecule has 2 unspecified atom stereocenters. The largest absolute Gasteiger partial charge is 0.447 e. The van der Waals surface area contributed by atoms with Crippen LogP contribution in [0, 0.1) is 0 Å². The molecule has 34 heavy (non-hydrogen) atoms. The normalized spacial score (nSPS) is 20.1. The van der Waals surface area contributed by atoms with Crippen LogP contribution < -0.4 is 10.2 Å². The number of nitrogens with zero attached hydrogens (tertiary/aromatic N) is 5. The molecular weight excluding hydrogens is 436 g/mol. The minimum absolute atomic E-state index is 0.0503. The maximum Gasteiger partial charge on any atom is 0.411 e. The number of morpholine rings is 1. The summed E-state index contributed by atoms with van der Waals surface area (Å²) in [5, 5.41) is 17.0. The SMILES string of the molecule is CC(C)(C)n1ncc2c(N3CC4CCC(C3)O4)nc(-c3ccc(NC(=O)OCCO)cc3)nc21. The van der Waals surface area contributed by atoms with Gasteiger partial charge in [-0.25, -0.2) is 19.4 Å². The van der Waals surface area contributed by atoms with E-state index in [1.807, 2.05) is 23.0 Å². The molecule has 2 atom stereocenters. The molecule has 3 aromatic rings. The molecule has 180 valence electrons. The minimum atomic E-state index is -0.613. The van der Waals surface area contributed by atoms with Crippen LogP contribution in [0.2, 0.25) is 0 Å². The van der Waals surface area contributed by atoms with Crippen molar-refractivity contribution in [2.75, 3.05) is 36.5 Å². The third kappa shape index (κ3) is 4.43. The highest BCUT2D eigenvalue weighted by Crippen LogP contribution is 2.34. The second-order valence-corrected chi connectivity index (χ2v) is 9.76. The van der Waals surface area contributed by atoms with E-state index >= 15 is 0 Å². The first kappa shape index (κ1) is 22.5. The summed E-state index contributed by atoms with van der Waals surface area (Å²) in [5.41, 5.74) is 1.96. The highest BCUT2D eigenvalue weighted by molar-refractivity contribution is 5.89. The lowest BCUT2D eigenvalue weighted by molar-refractivity contribution is 0.0303. The molecule has 0 saturated carbocycles. The van der Waals surface area contributed by atoms with Gasteiger partial charge in [0.15, 0.2) is 11.5 Å². The van der Waals surface area contributed by atoms with E-state index < -0.39 is 6.09 Å². The van der Waals surface area contributed by atoms with E-state index in [0.717, 1.165) is 48.3 Å². The smallest absolute Gasteiger partial charge is 0.411 e. The molecule has 2 aliphatic heterocycles. The second-order valence-electron chi connectivity index (χ2n) is 9.76. The molecule has 1 amide bonds. The summed E-state index contributed by atoms with van der Waals surface area (Å²) in [6.07, 6.45) is 3.89. The van der Waals surface area contributed by atoms with Gasteiger partial charge in [0.25, 0.3) is 0 Å². The number of carbonyl (C=O) groups excluding carboxylic acids is 1. The molecule has 0 aliphatic carbocycles. The first-order valence-corrected chi connectivity index (χ1v) is 11.6. The van der Waals surface area contributed by atoms with Crippen molar-refractivity contribution in [3.05, 3.63) is 30.5 Å². The summed E-state index contributed by atoms with van der Waals surface area (Å²) >= 11 is 0. The molecule has 2 fully saturated rings. The van der Waals surface area contributed by atoms with Crippen molar-refractivity contribution in [3.63, 3.8) is 0 Å². The molecule has 2 saturated heterocycles. The zero-order chi connectivity index (χ0) is 23.9. The maximum absolute atomic E-state index is 11.8. The van der Waals surface area contributed by atoms with Gasteiger partial charge in [0, 0.05) is 24.3 Å². The van der Waals surface area contributed by atoms with E-state index in [2.05, 4.69) is 36.1 Å². The van der Waals surface area contributed by atoms with Crippen molar-refractivity contribution < 1.29 is 19.4 Å². The van der Waals surface area contributed by atoms with E-state index in [0.29, 0.717) is 11.5 Å². The zero-order valence-corrected chi connectivity index (χ0v) is 19.7. The van der Waals surface area contributed by atoms with E-state index in [1.165, 1.54) is 0 Å². The van der Waals surface area contributed by atoms with E-state index in [-0.39, 0.29) is 31.0 Å². The predicted octanol–water partition coefficient (Wildman–Crippen LogP) is 3.16. The molecule has 0 spiro atoms. The summed E-state index contributed by atoms with van der Waals surface area (Å²) in [5.74, 6) is 1.48. The topological polar surface area (TPSA) is 115 Å². The van der Waals surface area contributed by atoms with Gasteiger partial charge >= 0.3 is 6.09 Å². The number of anilines is 2. The van der Waals surface area contributed by atoms with Crippen molar-refractivity contribution in [2.45, 2.75) is 51.4 Å². The summed E-state index contributed by atoms with van der Waals surface area (Å²) in [7, 11) is 0. The Morgan fingerprint density at radius 1 is 1.18 bits per heavy atom. The third-order valence-electron chi connectivity index (χ3n) is 6.10. The average Bonchev–Trinajstić information content (AvgIpc) is 3.40. The third-order valence-corrected chi connectivity index (χ3v) is 6.10. The molecule has 10 nitrogen and oxygen atoms in total. The number of nitrogens with one attached hydrogen (secondary N) is 1. The standard InChI is InChI=1S/C24H30N6O4/c1-24(2,3)30-22-19(12-25-30)21(29-13-17-8-9-18(14-29)34-17)27-20(28-22)15-4-6-16(7-5-15)26-23(32)33-11-10-31/h4-7,12,17-18,31H,8-11,13-14H2,1-3H3,(H,26,32). The number of carbonyl (C=O) groups is 1. The second kappa shape index (κ2) is 8.84. The lowest BCUT2D eigenvalue weighted by Gasteiger charge is -2.33.